The van der Waals surface area contributed by atoms with Gasteiger partial charge in [0.25, 0.3) is 0 Å². The Hall–Kier alpha value is -1.88. The lowest BCUT2D eigenvalue weighted by Gasteiger charge is -2.36. The Balaban J connectivity index is 1.99. The number of hydrogen-bond donors (Lipinski definition) is 0. The SMILES string of the molecule is CC(C)(C)C(=O)CN1C(=O)[C@H]([NH])CN(C2CCCCC2)c2ccccc21. The number of benzene rings is 1. The van der Waals surface area contributed by atoms with E-state index in [2.05, 4.69) is 4.90 Å². The van der Waals surface area contributed by atoms with E-state index in [4.69, 9.17) is 5.73 Å². The smallest absolute Gasteiger partial charge is 0.247 e. The molecular formula is C21H30N3O2. The number of anilines is 2. The van der Waals surface area contributed by atoms with Gasteiger partial charge in [0, 0.05) is 18.0 Å². The van der Waals surface area contributed by atoms with Crippen LogP contribution in [0, 0.1) is 5.41 Å². The number of Topliss-reactive ketones (excluding diaryl/α,β-unsaturated/α-hetero) is 1. The highest BCUT2D eigenvalue weighted by Gasteiger charge is 2.37. The van der Waals surface area contributed by atoms with Crippen LogP contribution in [0.5, 0.6) is 0 Å². The average Bonchev–Trinajstić information content (AvgIpc) is 2.72. The predicted octanol–water partition coefficient (Wildman–Crippen LogP) is 3.44. The molecule has 1 radical (unpaired) electrons. The predicted molar refractivity (Wildman–Crippen MR) is 104 cm³/mol. The number of carbonyl (C=O) groups is 2. The van der Waals surface area contributed by atoms with Crippen LogP contribution in [0.15, 0.2) is 24.3 Å². The molecule has 0 saturated heterocycles. The van der Waals surface area contributed by atoms with Crippen molar-refractivity contribution >= 4 is 23.1 Å². The molecule has 0 bridgehead atoms. The lowest BCUT2D eigenvalue weighted by atomic mass is 9.90. The summed E-state index contributed by atoms with van der Waals surface area (Å²) < 4.78 is 0. The largest absolute Gasteiger partial charge is 0.365 e. The Kier molecular flexibility index (Phi) is 5.37. The van der Waals surface area contributed by atoms with Gasteiger partial charge in [-0.05, 0) is 25.0 Å². The zero-order valence-electron chi connectivity index (χ0n) is 16.1. The number of nitrogens with one attached hydrogen (secondary N) is 1. The second kappa shape index (κ2) is 7.39. The van der Waals surface area contributed by atoms with Crippen molar-refractivity contribution in [2.75, 3.05) is 22.9 Å². The van der Waals surface area contributed by atoms with Gasteiger partial charge in [-0.15, -0.1) is 0 Å². The Bertz CT molecular complexity index is 674. The zero-order valence-corrected chi connectivity index (χ0v) is 16.1. The number of hydrogen-bond acceptors (Lipinski definition) is 3. The first-order chi connectivity index (χ1) is 12.3. The summed E-state index contributed by atoms with van der Waals surface area (Å²) in [5.74, 6) is -0.257. The van der Waals surface area contributed by atoms with Crippen LogP contribution in [0.2, 0.25) is 0 Å². The van der Waals surface area contributed by atoms with Gasteiger partial charge in [-0.25, -0.2) is 5.73 Å². The zero-order chi connectivity index (χ0) is 18.9. The summed E-state index contributed by atoms with van der Waals surface area (Å²) in [5, 5.41) is 0. The van der Waals surface area contributed by atoms with E-state index in [9.17, 15) is 9.59 Å². The van der Waals surface area contributed by atoms with Gasteiger partial charge in [0.2, 0.25) is 5.91 Å². The van der Waals surface area contributed by atoms with Gasteiger partial charge in [-0.1, -0.05) is 52.2 Å². The Morgan fingerprint density at radius 3 is 2.35 bits per heavy atom. The number of nitrogens with zero attached hydrogens (tertiary/aromatic N) is 2. The summed E-state index contributed by atoms with van der Waals surface area (Å²) in [5.41, 5.74) is 9.68. The summed E-state index contributed by atoms with van der Waals surface area (Å²) in [6.45, 7) is 6.05. The van der Waals surface area contributed by atoms with Crippen LogP contribution in [0.3, 0.4) is 0 Å². The lowest BCUT2D eigenvalue weighted by molar-refractivity contribution is -0.127. The molecule has 1 aliphatic carbocycles. The second-order valence-corrected chi connectivity index (χ2v) is 8.58. The minimum absolute atomic E-state index is 0.0129. The fraction of sp³-hybridized carbons (Fsp3) is 0.619. The van der Waals surface area contributed by atoms with Gasteiger partial charge in [0.15, 0.2) is 5.78 Å². The molecule has 1 aliphatic heterocycles. The molecule has 2 aliphatic rings. The number of fused-ring (bicyclic) bond motifs is 1. The van der Waals surface area contributed by atoms with E-state index >= 15 is 0 Å². The highest BCUT2D eigenvalue weighted by atomic mass is 16.2. The molecule has 1 amide bonds. The van der Waals surface area contributed by atoms with Crippen LogP contribution in [0.4, 0.5) is 11.4 Å². The van der Waals surface area contributed by atoms with E-state index in [1.807, 2.05) is 45.0 Å². The molecule has 141 valence electrons. The van der Waals surface area contributed by atoms with Crippen LogP contribution >= 0.6 is 0 Å². The second-order valence-electron chi connectivity index (χ2n) is 8.58. The maximum atomic E-state index is 13.0. The van der Waals surface area contributed by atoms with Gasteiger partial charge in [0.1, 0.15) is 6.04 Å². The van der Waals surface area contributed by atoms with Gasteiger partial charge in [0.05, 0.1) is 17.9 Å². The number of amides is 1. The topological polar surface area (TPSA) is 64.4 Å². The van der Waals surface area contributed by atoms with Crippen LogP contribution in [0.1, 0.15) is 52.9 Å². The third-order valence-electron chi connectivity index (χ3n) is 5.58. The van der Waals surface area contributed by atoms with Gasteiger partial charge in [-0.2, -0.15) is 0 Å². The number of ketones is 1. The minimum Gasteiger partial charge on any atom is -0.365 e. The average molecular weight is 356 g/mol. The van der Waals surface area contributed by atoms with Crippen molar-refractivity contribution in [3.05, 3.63) is 24.3 Å². The fourth-order valence-corrected chi connectivity index (χ4v) is 3.90. The first-order valence-electron chi connectivity index (χ1n) is 9.70. The molecule has 1 fully saturated rings. The first kappa shape index (κ1) is 18.9. The molecule has 1 aromatic rings. The van der Waals surface area contributed by atoms with Gasteiger partial charge < -0.3 is 9.80 Å². The molecule has 5 heteroatoms. The Morgan fingerprint density at radius 1 is 1.12 bits per heavy atom. The van der Waals surface area contributed by atoms with E-state index in [-0.39, 0.29) is 18.2 Å². The maximum absolute atomic E-state index is 13.0. The van der Waals surface area contributed by atoms with E-state index in [0.717, 1.165) is 24.2 Å². The van der Waals surface area contributed by atoms with Crippen LogP contribution in [0.25, 0.3) is 0 Å². The van der Waals surface area contributed by atoms with Crippen molar-refractivity contribution in [2.45, 2.75) is 65.0 Å². The van der Waals surface area contributed by atoms with Crippen LogP contribution in [-0.4, -0.2) is 36.9 Å². The van der Waals surface area contributed by atoms with E-state index in [0.29, 0.717) is 12.6 Å². The monoisotopic (exact) mass is 356 g/mol. The molecule has 1 N–H and O–H groups in total. The van der Waals surface area contributed by atoms with Gasteiger partial charge in [-0.3, -0.25) is 9.59 Å². The number of carbonyl (C=O) groups excluding carboxylic acids is 2. The van der Waals surface area contributed by atoms with Crippen molar-refractivity contribution in [3.63, 3.8) is 0 Å². The third kappa shape index (κ3) is 3.78. The molecule has 0 aromatic heterocycles. The first-order valence-corrected chi connectivity index (χ1v) is 9.70. The fourth-order valence-electron chi connectivity index (χ4n) is 3.90. The summed E-state index contributed by atoms with van der Waals surface area (Å²) >= 11 is 0. The summed E-state index contributed by atoms with van der Waals surface area (Å²) in [6, 6.07) is 7.35. The standard InChI is InChI=1S/C21H30N3O2/c1-21(2,3)19(25)14-24-18-12-8-7-11-17(18)23(13-16(22)20(24)26)15-9-5-4-6-10-15/h7-8,11-12,15-16,22H,4-6,9-10,13-14H2,1-3H3/t16-/m1/s1. The van der Waals surface area contributed by atoms with Crippen molar-refractivity contribution in [2.24, 2.45) is 5.41 Å². The molecule has 0 spiro atoms. The lowest BCUT2D eigenvalue weighted by Crippen LogP contribution is -2.47. The van der Waals surface area contributed by atoms with Gasteiger partial charge >= 0.3 is 0 Å². The molecular weight excluding hydrogens is 326 g/mol. The third-order valence-corrected chi connectivity index (χ3v) is 5.58. The van der Waals surface area contributed by atoms with E-state index < -0.39 is 11.5 Å². The molecule has 1 saturated carbocycles. The summed E-state index contributed by atoms with van der Waals surface area (Å²) in [7, 11) is 0. The molecule has 1 atom stereocenters. The van der Waals surface area contributed by atoms with E-state index in [1.165, 1.54) is 19.3 Å². The Labute approximate surface area is 156 Å². The number of para-hydroxylation sites is 2. The molecule has 1 aromatic carbocycles. The highest BCUT2D eigenvalue weighted by molar-refractivity contribution is 6.06. The molecule has 0 unspecified atom stereocenters. The van der Waals surface area contributed by atoms with E-state index in [1.54, 1.807) is 4.90 Å². The molecule has 3 rings (SSSR count). The van der Waals surface area contributed by atoms with Crippen molar-refractivity contribution in [1.82, 2.24) is 5.73 Å². The summed E-state index contributed by atoms with van der Waals surface area (Å²) in [4.78, 5) is 29.4. The maximum Gasteiger partial charge on any atom is 0.247 e. The summed E-state index contributed by atoms with van der Waals surface area (Å²) in [6.07, 6.45) is 5.88. The van der Waals surface area contributed by atoms with Crippen molar-refractivity contribution in [3.8, 4) is 0 Å². The Morgan fingerprint density at radius 2 is 1.73 bits per heavy atom. The molecule has 26 heavy (non-hydrogen) atoms. The normalized spacial score (nSPS) is 22.2. The van der Waals surface area contributed by atoms with Crippen LogP contribution in [-0.2, 0) is 9.59 Å². The quantitative estimate of drug-likeness (QED) is 0.833. The highest BCUT2D eigenvalue weighted by Crippen LogP contribution is 2.37. The minimum atomic E-state index is -0.864. The van der Waals surface area contributed by atoms with Crippen molar-refractivity contribution in [1.29, 1.82) is 0 Å². The molecule has 5 nitrogen and oxygen atoms in total. The number of rotatable bonds is 3. The molecule has 1 heterocycles. The van der Waals surface area contributed by atoms with Crippen LogP contribution < -0.4 is 15.5 Å². The van der Waals surface area contributed by atoms with Crippen molar-refractivity contribution < 1.29 is 9.59 Å².